The topological polar surface area (TPSA) is 67.6 Å². The summed E-state index contributed by atoms with van der Waals surface area (Å²) in [5.74, 6) is 0.816. The van der Waals surface area contributed by atoms with Crippen LogP contribution in [0.5, 0.6) is 0 Å². The van der Waals surface area contributed by atoms with Crippen molar-refractivity contribution in [3.05, 3.63) is 35.2 Å². The normalized spacial score (nSPS) is 16.2. The first-order valence-electron chi connectivity index (χ1n) is 10.2. The summed E-state index contributed by atoms with van der Waals surface area (Å²) < 4.78 is 10.5. The number of carbonyl (C=O) groups excluding carboxylic acids is 1. The van der Waals surface area contributed by atoms with E-state index in [2.05, 4.69) is 28.7 Å². The molecule has 0 atom stereocenters. The number of anilines is 1. The maximum Gasteiger partial charge on any atom is 0.252 e. The van der Waals surface area contributed by atoms with Gasteiger partial charge in [0.2, 0.25) is 0 Å². The molecular weight excluding hydrogens is 354 g/mol. The van der Waals surface area contributed by atoms with E-state index in [1.807, 2.05) is 18.7 Å². The minimum atomic E-state index is 0.00546. The van der Waals surface area contributed by atoms with Gasteiger partial charge in [0, 0.05) is 31.5 Å². The molecule has 6 nitrogen and oxygen atoms in total. The lowest BCUT2D eigenvalue weighted by molar-refractivity contribution is -0.122. The first-order chi connectivity index (χ1) is 13.6. The molecule has 1 amide bonds. The Morgan fingerprint density at radius 2 is 2.00 bits per heavy atom. The number of nitrogens with zero attached hydrogens (tertiary/aromatic N) is 2. The Labute approximate surface area is 167 Å². The van der Waals surface area contributed by atoms with Crippen molar-refractivity contribution in [2.75, 3.05) is 31.7 Å². The summed E-state index contributed by atoms with van der Waals surface area (Å²) >= 11 is 0. The summed E-state index contributed by atoms with van der Waals surface area (Å²) in [6.07, 6.45) is 5.78. The van der Waals surface area contributed by atoms with Crippen molar-refractivity contribution in [2.45, 2.75) is 52.5 Å². The van der Waals surface area contributed by atoms with Crippen LogP contribution in [0.1, 0.15) is 49.1 Å². The molecule has 1 N–H and O–H groups in total. The van der Waals surface area contributed by atoms with E-state index in [0.717, 1.165) is 66.3 Å². The molecule has 0 radical (unpaired) electrons. The fraction of sp³-hybridized carbons (Fsp3) is 0.545. The van der Waals surface area contributed by atoms with Crippen LogP contribution in [-0.2, 0) is 16.1 Å². The molecule has 0 saturated carbocycles. The lowest BCUT2D eigenvalue weighted by Crippen LogP contribution is -2.36. The number of amides is 1. The van der Waals surface area contributed by atoms with E-state index < -0.39 is 0 Å². The summed E-state index contributed by atoms with van der Waals surface area (Å²) in [5, 5.41) is 7.63. The number of aromatic nitrogens is 1. The van der Waals surface area contributed by atoms with Gasteiger partial charge < -0.3 is 19.5 Å². The largest absolute Gasteiger partial charge is 0.375 e. The Morgan fingerprint density at radius 1 is 1.21 bits per heavy atom. The van der Waals surface area contributed by atoms with Gasteiger partial charge in [-0.25, -0.2) is 0 Å². The first kappa shape index (κ1) is 20.6. The van der Waals surface area contributed by atoms with Gasteiger partial charge in [0.25, 0.3) is 5.91 Å². The highest BCUT2D eigenvalue weighted by atomic mass is 16.5. The third kappa shape index (κ3) is 4.80. The molecule has 0 aliphatic carbocycles. The Morgan fingerprint density at radius 3 is 2.75 bits per heavy atom. The number of ether oxygens (including phenoxy) is 1. The first-order valence-corrected chi connectivity index (χ1v) is 10.2. The van der Waals surface area contributed by atoms with Gasteiger partial charge in [0.15, 0.2) is 0 Å². The zero-order valence-corrected chi connectivity index (χ0v) is 17.2. The van der Waals surface area contributed by atoms with Crippen LogP contribution in [0.15, 0.2) is 22.7 Å². The van der Waals surface area contributed by atoms with Crippen molar-refractivity contribution >= 4 is 11.6 Å². The van der Waals surface area contributed by atoms with Crippen LogP contribution in [0, 0.1) is 13.8 Å². The Kier molecular flexibility index (Phi) is 7.23. The van der Waals surface area contributed by atoms with Gasteiger partial charge in [-0.15, -0.1) is 0 Å². The zero-order chi connectivity index (χ0) is 19.9. The van der Waals surface area contributed by atoms with Gasteiger partial charge in [0.1, 0.15) is 12.4 Å². The molecule has 0 spiro atoms. The molecule has 0 bridgehead atoms. The number of hydrogen-bond donors (Lipinski definition) is 1. The third-order valence-corrected chi connectivity index (χ3v) is 5.31. The molecule has 2 heterocycles. The van der Waals surface area contributed by atoms with Crippen LogP contribution in [0.2, 0.25) is 0 Å². The second kappa shape index (κ2) is 9.85. The predicted octanol–water partition coefficient (Wildman–Crippen LogP) is 3.99. The van der Waals surface area contributed by atoms with Crippen molar-refractivity contribution in [1.82, 2.24) is 10.5 Å². The van der Waals surface area contributed by atoms with Crippen molar-refractivity contribution in [3.63, 3.8) is 0 Å². The number of hydrogen-bond acceptors (Lipinski definition) is 5. The van der Waals surface area contributed by atoms with Crippen LogP contribution in [0.3, 0.4) is 0 Å². The van der Waals surface area contributed by atoms with E-state index >= 15 is 0 Å². The predicted molar refractivity (Wildman–Crippen MR) is 110 cm³/mol. The summed E-state index contributed by atoms with van der Waals surface area (Å²) in [4.78, 5) is 14.6. The Hall–Kier alpha value is -2.18. The molecule has 1 aliphatic rings. The molecule has 28 heavy (non-hydrogen) atoms. The van der Waals surface area contributed by atoms with Gasteiger partial charge in [-0.1, -0.05) is 30.5 Å². The van der Waals surface area contributed by atoms with E-state index in [0.29, 0.717) is 0 Å². The van der Waals surface area contributed by atoms with Crippen molar-refractivity contribution in [1.29, 1.82) is 0 Å². The molecule has 1 aromatic heterocycles. The van der Waals surface area contributed by atoms with Crippen LogP contribution in [0.4, 0.5) is 5.69 Å². The summed E-state index contributed by atoms with van der Waals surface area (Å²) in [7, 11) is 1.57. The SMILES string of the molecule is COCC(=O)N1CCCCCCCNCc2cc(-c3c(C)noc3C)ccc21. The third-order valence-electron chi connectivity index (χ3n) is 5.31. The standard InChI is InChI=1S/C22H31N3O3/c1-16-22(17(2)28-24-16)18-9-10-20-19(13-18)14-23-11-7-5-4-6-8-12-25(20)21(26)15-27-3/h9-10,13,23H,4-8,11-12,14-15H2,1-3H3. The molecule has 0 fully saturated rings. The molecule has 0 saturated heterocycles. The fourth-order valence-corrected chi connectivity index (χ4v) is 3.90. The van der Waals surface area contributed by atoms with Crippen LogP contribution < -0.4 is 10.2 Å². The van der Waals surface area contributed by atoms with Gasteiger partial charge in [-0.2, -0.15) is 0 Å². The van der Waals surface area contributed by atoms with Crippen molar-refractivity contribution in [2.24, 2.45) is 0 Å². The molecule has 3 rings (SSSR count). The quantitative estimate of drug-likeness (QED) is 0.865. The monoisotopic (exact) mass is 385 g/mol. The number of carbonyl (C=O) groups is 1. The number of nitrogens with one attached hydrogen (secondary N) is 1. The van der Waals surface area contributed by atoms with Gasteiger partial charge in [-0.3, -0.25) is 4.79 Å². The average molecular weight is 386 g/mol. The van der Waals surface area contributed by atoms with Gasteiger partial charge in [0.05, 0.1) is 5.69 Å². The van der Waals surface area contributed by atoms with Crippen molar-refractivity contribution in [3.8, 4) is 11.1 Å². The summed E-state index contributed by atoms with van der Waals surface area (Å²) in [6.45, 7) is 6.42. The van der Waals surface area contributed by atoms with Crippen molar-refractivity contribution < 1.29 is 14.1 Å². The molecule has 1 aliphatic heterocycles. The van der Waals surface area contributed by atoms with Gasteiger partial charge in [-0.05, 0) is 56.5 Å². The van der Waals surface area contributed by atoms with E-state index in [1.54, 1.807) is 7.11 Å². The average Bonchev–Trinajstić information content (AvgIpc) is 3.01. The van der Waals surface area contributed by atoms with E-state index in [-0.39, 0.29) is 12.5 Å². The van der Waals surface area contributed by atoms with Crippen LogP contribution >= 0.6 is 0 Å². The second-order valence-corrected chi connectivity index (χ2v) is 7.47. The highest BCUT2D eigenvalue weighted by molar-refractivity contribution is 5.95. The highest BCUT2D eigenvalue weighted by Crippen LogP contribution is 2.32. The zero-order valence-electron chi connectivity index (χ0n) is 17.2. The Bertz CT molecular complexity index is 781. The Balaban J connectivity index is 2.00. The molecule has 1 aromatic carbocycles. The molecule has 2 aromatic rings. The number of rotatable bonds is 3. The van der Waals surface area contributed by atoms with Gasteiger partial charge >= 0.3 is 0 Å². The number of aryl methyl sites for hydroxylation is 2. The minimum absolute atomic E-state index is 0.00546. The number of methoxy groups -OCH3 is 1. The van der Waals surface area contributed by atoms with E-state index in [9.17, 15) is 4.79 Å². The molecular formula is C22H31N3O3. The molecule has 152 valence electrons. The summed E-state index contributed by atoms with van der Waals surface area (Å²) in [6, 6.07) is 6.27. The second-order valence-electron chi connectivity index (χ2n) is 7.47. The van der Waals surface area contributed by atoms with E-state index in [1.165, 1.54) is 19.3 Å². The molecule has 6 heteroatoms. The molecule has 0 unspecified atom stereocenters. The minimum Gasteiger partial charge on any atom is -0.375 e. The number of benzene rings is 1. The number of fused-ring (bicyclic) bond motifs is 1. The summed E-state index contributed by atoms with van der Waals surface area (Å²) in [5.41, 5.74) is 5.06. The maximum absolute atomic E-state index is 12.8. The van der Waals surface area contributed by atoms with Crippen LogP contribution in [-0.4, -0.2) is 37.9 Å². The maximum atomic E-state index is 12.8. The lowest BCUT2D eigenvalue weighted by atomic mass is 9.99. The smallest absolute Gasteiger partial charge is 0.252 e. The fourth-order valence-electron chi connectivity index (χ4n) is 3.90. The lowest BCUT2D eigenvalue weighted by Gasteiger charge is -2.26. The van der Waals surface area contributed by atoms with Crippen LogP contribution in [0.25, 0.3) is 11.1 Å². The highest BCUT2D eigenvalue weighted by Gasteiger charge is 2.20. The van der Waals surface area contributed by atoms with E-state index in [4.69, 9.17) is 9.26 Å².